The summed E-state index contributed by atoms with van der Waals surface area (Å²) in [7, 11) is -4.05. The molecule has 2 saturated heterocycles. The molecule has 4 rings (SSSR count). The number of hydrogen-bond acceptors (Lipinski definition) is 7. The van der Waals surface area contributed by atoms with Gasteiger partial charge in [-0.05, 0) is 61.4 Å². The third-order valence-corrected chi connectivity index (χ3v) is 8.62. The number of aliphatic hydroxyl groups is 1. The molecule has 2 aromatic carbocycles. The van der Waals surface area contributed by atoms with Gasteiger partial charge in [-0.3, -0.25) is 9.59 Å². The fourth-order valence-corrected chi connectivity index (χ4v) is 6.17. The first-order valence-corrected chi connectivity index (χ1v) is 13.2. The highest BCUT2D eigenvalue weighted by Crippen LogP contribution is 2.28. The van der Waals surface area contributed by atoms with Crippen LogP contribution in [0.25, 0.3) is 0 Å². The van der Waals surface area contributed by atoms with E-state index in [1.54, 1.807) is 30.0 Å². The maximum absolute atomic E-state index is 13.2. The summed E-state index contributed by atoms with van der Waals surface area (Å²) in [5, 5.41) is 10.1. The third kappa shape index (κ3) is 5.53. The molecule has 0 bridgehead atoms. The number of rotatable bonds is 6. The number of carbonyl (C=O) groups is 2. The second-order valence-corrected chi connectivity index (χ2v) is 11.1. The lowest BCUT2D eigenvalue weighted by atomic mass is 10.1. The standard InChI is InChI=1S/C25H30FN3O6S/c1-17-3-8-22(13-18(17)2)36(33,34)29-15-21(30)14-23(29)25(32)35-16-24(31)28-11-9-27(10-12-28)20-6-4-19(26)5-7-20/h3-8,13,21,23,30H,9-12,14-16H2,1-2H3/t21-,23-/m1/s1. The fourth-order valence-electron chi connectivity index (χ4n) is 4.46. The number of halogens is 1. The zero-order chi connectivity index (χ0) is 26.0. The van der Waals surface area contributed by atoms with Crippen molar-refractivity contribution in [3.05, 3.63) is 59.4 Å². The van der Waals surface area contributed by atoms with Crippen LogP contribution in [0.1, 0.15) is 17.5 Å². The number of hydrogen-bond donors (Lipinski definition) is 1. The van der Waals surface area contributed by atoms with Crippen LogP contribution in [0.2, 0.25) is 0 Å². The molecule has 36 heavy (non-hydrogen) atoms. The molecule has 194 valence electrons. The van der Waals surface area contributed by atoms with E-state index in [1.807, 2.05) is 11.8 Å². The van der Waals surface area contributed by atoms with E-state index in [4.69, 9.17) is 4.74 Å². The van der Waals surface area contributed by atoms with E-state index < -0.39 is 34.7 Å². The van der Waals surface area contributed by atoms with Crippen molar-refractivity contribution >= 4 is 27.6 Å². The van der Waals surface area contributed by atoms with Crippen LogP contribution in [-0.2, 0) is 24.3 Å². The van der Waals surface area contributed by atoms with Crippen LogP contribution in [-0.4, -0.2) is 86.1 Å². The van der Waals surface area contributed by atoms with Crippen LogP contribution in [0.15, 0.2) is 47.4 Å². The van der Waals surface area contributed by atoms with E-state index in [9.17, 15) is 27.5 Å². The fraction of sp³-hybridized carbons (Fsp3) is 0.440. The molecule has 1 N–H and O–H groups in total. The molecular weight excluding hydrogens is 489 g/mol. The van der Waals surface area contributed by atoms with Crippen LogP contribution >= 0.6 is 0 Å². The molecule has 2 aliphatic rings. The molecular formula is C25H30FN3O6S. The molecule has 0 spiro atoms. The van der Waals surface area contributed by atoms with E-state index in [0.717, 1.165) is 21.1 Å². The highest BCUT2D eigenvalue weighted by Gasteiger charge is 2.44. The summed E-state index contributed by atoms with van der Waals surface area (Å²) < 4.78 is 45.8. The summed E-state index contributed by atoms with van der Waals surface area (Å²) in [5.74, 6) is -1.56. The summed E-state index contributed by atoms with van der Waals surface area (Å²) in [6, 6.07) is 9.62. The van der Waals surface area contributed by atoms with E-state index >= 15 is 0 Å². The first-order valence-electron chi connectivity index (χ1n) is 11.8. The van der Waals surface area contributed by atoms with Gasteiger partial charge < -0.3 is 19.6 Å². The lowest BCUT2D eigenvalue weighted by Gasteiger charge is -2.36. The Morgan fingerprint density at radius 3 is 2.33 bits per heavy atom. The Labute approximate surface area is 210 Å². The maximum atomic E-state index is 13.2. The minimum Gasteiger partial charge on any atom is -0.454 e. The minimum absolute atomic E-state index is 0.0348. The van der Waals surface area contributed by atoms with Crippen LogP contribution in [0.4, 0.5) is 10.1 Å². The van der Waals surface area contributed by atoms with Gasteiger partial charge in [-0.25, -0.2) is 12.8 Å². The normalized spacial score (nSPS) is 21.0. The smallest absolute Gasteiger partial charge is 0.325 e. The van der Waals surface area contributed by atoms with E-state index in [-0.39, 0.29) is 29.6 Å². The lowest BCUT2D eigenvalue weighted by Crippen LogP contribution is -2.50. The highest BCUT2D eigenvalue weighted by molar-refractivity contribution is 7.89. The molecule has 11 heteroatoms. The summed E-state index contributed by atoms with van der Waals surface area (Å²) in [6.07, 6.45) is -1.12. The molecule has 2 fully saturated rings. The van der Waals surface area contributed by atoms with Gasteiger partial charge in [0.05, 0.1) is 11.0 Å². The van der Waals surface area contributed by atoms with Gasteiger partial charge in [-0.15, -0.1) is 0 Å². The topological polar surface area (TPSA) is 107 Å². The van der Waals surface area contributed by atoms with Gasteiger partial charge in [-0.2, -0.15) is 4.31 Å². The number of ether oxygens (including phenoxy) is 1. The van der Waals surface area contributed by atoms with Crippen molar-refractivity contribution in [1.82, 2.24) is 9.21 Å². The molecule has 2 aliphatic heterocycles. The van der Waals surface area contributed by atoms with Crippen molar-refractivity contribution in [3.63, 3.8) is 0 Å². The Bertz CT molecular complexity index is 1230. The summed E-state index contributed by atoms with van der Waals surface area (Å²) in [5.41, 5.74) is 2.59. The molecule has 0 unspecified atom stereocenters. The van der Waals surface area contributed by atoms with Gasteiger partial charge in [0.15, 0.2) is 6.61 Å². The van der Waals surface area contributed by atoms with Crippen LogP contribution in [0.3, 0.4) is 0 Å². The Hall–Kier alpha value is -3.02. The largest absolute Gasteiger partial charge is 0.454 e. The summed E-state index contributed by atoms with van der Waals surface area (Å²) in [4.78, 5) is 29.1. The Balaban J connectivity index is 1.34. The van der Waals surface area contributed by atoms with Gasteiger partial charge in [0.1, 0.15) is 11.9 Å². The monoisotopic (exact) mass is 519 g/mol. The van der Waals surface area contributed by atoms with Crippen LogP contribution < -0.4 is 4.90 Å². The first kappa shape index (κ1) is 26.1. The zero-order valence-electron chi connectivity index (χ0n) is 20.3. The van der Waals surface area contributed by atoms with Gasteiger partial charge in [0.25, 0.3) is 5.91 Å². The highest BCUT2D eigenvalue weighted by atomic mass is 32.2. The number of aliphatic hydroxyl groups excluding tert-OH is 1. The molecule has 0 aliphatic carbocycles. The Kier molecular flexibility index (Phi) is 7.62. The summed E-state index contributed by atoms with van der Waals surface area (Å²) >= 11 is 0. The predicted octanol–water partition coefficient (Wildman–Crippen LogP) is 1.46. The Morgan fingerprint density at radius 1 is 1.03 bits per heavy atom. The molecule has 1 amide bonds. The predicted molar refractivity (Wildman–Crippen MR) is 130 cm³/mol. The zero-order valence-corrected chi connectivity index (χ0v) is 21.1. The van der Waals surface area contributed by atoms with E-state index in [0.29, 0.717) is 26.2 Å². The van der Waals surface area contributed by atoms with Crippen molar-refractivity contribution in [2.75, 3.05) is 44.2 Å². The SMILES string of the molecule is Cc1ccc(S(=O)(=O)N2C[C@H](O)C[C@@H]2C(=O)OCC(=O)N2CCN(c3ccc(F)cc3)CC2)cc1C. The first-order chi connectivity index (χ1) is 17.1. The average Bonchev–Trinajstić information content (AvgIpc) is 3.27. The second-order valence-electron chi connectivity index (χ2n) is 9.18. The minimum atomic E-state index is -4.05. The molecule has 0 radical (unpaired) electrons. The lowest BCUT2D eigenvalue weighted by molar-refractivity contribution is -0.154. The summed E-state index contributed by atoms with van der Waals surface area (Å²) in [6.45, 7) is 4.82. The number of β-amino-alcohol motifs (C(OH)–C–C–N with tert-alkyl or cyclic N) is 1. The number of anilines is 1. The molecule has 2 aromatic rings. The number of amides is 1. The molecule has 0 saturated carbocycles. The number of nitrogens with zero attached hydrogens (tertiary/aromatic N) is 3. The number of esters is 1. The van der Waals surface area contributed by atoms with Crippen LogP contribution in [0, 0.1) is 19.7 Å². The number of aryl methyl sites for hydroxylation is 2. The second kappa shape index (κ2) is 10.5. The van der Waals surface area contributed by atoms with Crippen molar-refractivity contribution in [1.29, 1.82) is 0 Å². The number of piperazine rings is 1. The quantitative estimate of drug-likeness (QED) is 0.576. The van der Waals surface area contributed by atoms with Gasteiger partial charge in [0, 0.05) is 44.8 Å². The molecule has 2 heterocycles. The number of carbonyl (C=O) groups excluding carboxylic acids is 2. The van der Waals surface area contributed by atoms with Crippen molar-refractivity contribution in [2.45, 2.75) is 37.3 Å². The molecule has 2 atom stereocenters. The van der Waals surface area contributed by atoms with Gasteiger partial charge >= 0.3 is 5.97 Å². The Morgan fingerprint density at radius 2 is 1.69 bits per heavy atom. The number of benzene rings is 2. The van der Waals surface area contributed by atoms with E-state index in [1.165, 1.54) is 24.3 Å². The van der Waals surface area contributed by atoms with Gasteiger partial charge in [-0.1, -0.05) is 6.07 Å². The van der Waals surface area contributed by atoms with Crippen molar-refractivity contribution in [2.24, 2.45) is 0 Å². The van der Waals surface area contributed by atoms with Gasteiger partial charge in [0.2, 0.25) is 10.0 Å². The van der Waals surface area contributed by atoms with Crippen LogP contribution in [0.5, 0.6) is 0 Å². The van der Waals surface area contributed by atoms with E-state index in [2.05, 4.69) is 0 Å². The van der Waals surface area contributed by atoms with Crippen molar-refractivity contribution < 1.29 is 32.2 Å². The molecule has 0 aromatic heterocycles. The molecule has 9 nitrogen and oxygen atoms in total. The average molecular weight is 520 g/mol. The maximum Gasteiger partial charge on any atom is 0.325 e. The van der Waals surface area contributed by atoms with Crippen molar-refractivity contribution in [3.8, 4) is 0 Å². The third-order valence-electron chi connectivity index (χ3n) is 6.75. The number of sulfonamides is 1.